The van der Waals surface area contributed by atoms with Crippen molar-refractivity contribution in [2.45, 2.75) is 0 Å². The first-order chi connectivity index (χ1) is 24.9. The van der Waals surface area contributed by atoms with Crippen LogP contribution in [0, 0.1) is 0 Å². The van der Waals surface area contributed by atoms with Crippen LogP contribution in [0.3, 0.4) is 0 Å². The third-order valence-corrected chi connectivity index (χ3v) is 9.64. The second kappa shape index (κ2) is 9.76. The topological polar surface area (TPSA) is 0 Å². The zero-order valence-electron chi connectivity index (χ0n) is 29.8. The van der Waals surface area contributed by atoms with Crippen LogP contribution in [0.1, 0.15) is 6.85 Å². The van der Waals surface area contributed by atoms with Crippen molar-refractivity contribution in [1.29, 1.82) is 0 Å². The van der Waals surface area contributed by atoms with Gasteiger partial charge in [-0.25, -0.2) is 0 Å². The summed E-state index contributed by atoms with van der Waals surface area (Å²) in [6, 6.07) is 47.6. The fraction of sp³-hybridized carbons (Fsp3) is 0. The Kier molecular flexibility index (Phi) is 4.43. The van der Waals surface area contributed by atoms with E-state index in [1.807, 2.05) is 36.4 Å². The standard InChI is InChI=1S/C46H28/c1-3-11-29(12-4-1)36-24-22-32-19-20-33-27-35(28-34-23-25-40(36)44(32)42(33)34)45-39-18-10-9-17-38(39)43(31-14-5-2-6-15-31)41-26-21-30-13-7-8-16-37(30)46(41)45/h1-28H/i2D,5D,6D,14D,15D. The van der Waals surface area contributed by atoms with Crippen molar-refractivity contribution in [3.63, 3.8) is 0 Å². The molecule has 0 N–H and O–H groups in total. The second-order valence-corrected chi connectivity index (χ2v) is 12.1. The first-order valence-electron chi connectivity index (χ1n) is 18.1. The third-order valence-electron chi connectivity index (χ3n) is 9.64. The molecule has 0 radical (unpaired) electrons. The molecule has 0 bridgehead atoms. The molecule has 0 aliphatic carbocycles. The van der Waals surface area contributed by atoms with Crippen molar-refractivity contribution in [1.82, 2.24) is 0 Å². The number of hydrogen-bond acceptors (Lipinski definition) is 0. The fourth-order valence-electron chi connectivity index (χ4n) is 7.73. The minimum atomic E-state index is -0.394. The van der Waals surface area contributed by atoms with Gasteiger partial charge in [0.2, 0.25) is 0 Å². The van der Waals surface area contributed by atoms with Gasteiger partial charge in [0, 0.05) is 0 Å². The maximum Gasteiger partial charge on any atom is 0.0629 e. The molecule has 0 amide bonds. The molecule has 212 valence electrons. The molecule has 0 nitrogen and oxygen atoms in total. The van der Waals surface area contributed by atoms with E-state index in [1.165, 1.54) is 32.7 Å². The van der Waals surface area contributed by atoms with Crippen molar-refractivity contribution < 1.29 is 6.85 Å². The van der Waals surface area contributed by atoms with Gasteiger partial charge in [-0.1, -0.05) is 158 Å². The van der Waals surface area contributed by atoms with Gasteiger partial charge < -0.3 is 0 Å². The molecular weight excluding hydrogens is 553 g/mol. The molecule has 0 aliphatic rings. The van der Waals surface area contributed by atoms with Crippen LogP contribution in [0.2, 0.25) is 0 Å². The summed E-state index contributed by atoms with van der Waals surface area (Å²) in [5.74, 6) is 0. The largest absolute Gasteiger partial charge is 0.0629 e. The Balaban J connectivity index is 1.36. The molecule has 0 atom stereocenters. The highest BCUT2D eigenvalue weighted by Gasteiger charge is 2.20. The van der Waals surface area contributed by atoms with Gasteiger partial charge in [-0.05, 0) is 110 Å². The Bertz CT molecular complexity index is 3030. The summed E-state index contributed by atoms with van der Waals surface area (Å²) in [7, 11) is 0. The summed E-state index contributed by atoms with van der Waals surface area (Å²) >= 11 is 0. The third kappa shape index (κ3) is 3.62. The van der Waals surface area contributed by atoms with E-state index >= 15 is 0 Å². The number of benzene rings is 10. The van der Waals surface area contributed by atoms with Crippen LogP contribution < -0.4 is 0 Å². The Morgan fingerprint density at radius 2 is 0.935 bits per heavy atom. The van der Waals surface area contributed by atoms with Crippen molar-refractivity contribution in [2.75, 3.05) is 0 Å². The predicted octanol–water partition coefficient (Wildman–Crippen LogP) is 13.0. The van der Waals surface area contributed by atoms with Crippen LogP contribution >= 0.6 is 0 Å². The quantitative estimate of drug-likeness (QED) is 0.143. The molecule has 10 rings (SSSR count). The molecule has 0 aliphatic heterocycles. The molecule has 10 aromatic carbocycles. The normalized spacial score (nSPS) is 13.4. The van der Waals surface area contributed by atoms with E-state index in [-0.39, 0.29) is 29.7 Å². The van der Waals surface area contributed by atoms with Crippen molar-refractivity contribution in [3.8, 4) is 33.4 Å². The first-order valence-corrected chi connectivity index (χ1v) is 15.6. The maximum absolute atomic E-state index is 9.01. The average Bonchev–Trinajstić information content (AvgIpc) is 3.18. The first kappa shape index (κ1) is 20.9. The molecule has 10 aromatic rings. The predicted molar refractivity (Wildman–Crippen MR) is 199 cm³/mol. The van der Waals surface area contributed by atoms with Gasteiger partial charge >= 0.3 is 0 Å². The Morgan fingerprint density at radius 1 is 0.326 bits per heavy atom. The zero-order chi connectivity index (χ0) is 34.5. The van der Waals surface area contributed by atoms with Crippen molar-refractivity contribution in [3.05, 3.63) is 170 Å². The summed E-state index contributed by atoms with van der Waals surface area (Å²) in [6.45, 7) is 0. The van der Waals surface area contributed by atoms with Crippen molar-refractivity contribution >= 4 is 64.6 Å². The highest BCUT2D eigenvalue weighted by Crippen LogP contribution is 2.48. The van der Waals surface area contributed by atoms with Gasteiger partial charge in [0.25, 0.3) is 0 Å². The van der Waals surface area contributed by atoms with E-state index in [0.717, 1.165) is 54.2 Å². The molecule has 0 fully saturated rings. The lowest BCUT2D eigenvalue weighted by Gasteiger charge is -2.20. The number of hydrogen-bond donors (Lipinski definition) is 0. The van der Waals surface area contributed by atoms with Crippen LogP contribution in [0.15, 0.2) is 170 Å². The zero-order valence-corrected chi connectivity index (χ0v) is 24.8. The van der Waals surface area contributed by atoms with E-state index < -0.39 is 6.04 Å². The summed E-state index contributed by atoms with van der Waals surface area (Å²) in [5, 5.41) is 13.0. The van der Waals surface area contributed by atoms with E-state index in [2.05, 4.69) is 103 Å². The SMILES string of the molecule is [2H]c1c([2H])c([2H])c(-c2c3ccccc3c(-c3cc4ccc5ccc(-c6ccccc6)c6ccc(c3)c4c56)c3c2ccc2ccccc23)c([2H])c1[2H]. The molecule has 0 saturated heterocycles. The van der Waals surface area contributed by atoms with E-state index in [9.17, 15) is 0 Å². The van der Waals surface area contributed by atoms with Gasteiger partial charge in [-0.15, -0.1) is 0 Å². The Hall–Kier alpha value is -5.98. The van der Waals surface area contributed by atoms with Crippen LogP contribution in [0.25, 0.3) is 98.0 Å². The summed E-state index contributed by atoms with van der Waals surface area (Å²) < 4.78 is 43.4. The second-order valence-electron chi connectivity index (χ2n) is 12.1. The lowest BCUT2D eigenvalue weighted by atomic mass is 9.82. The minimum Gasteiger partial charge on any atom is -0.0622 e. The van der Waals surface area contributed by atoms with E-state index in [4.69, 9.17) is 6.85 Å². The highest BCUT2D eigenvalue weighted by molar-refractivity contribution is 6.30. The molecule has 0 heteroatoms. The van der Waals surface area contributed by atoms with Gasteiger partial charge in [0.15, 0.2) is 0 Å². The van der Waals surface area contributed by atoms with Crippen LogP contribution in [-0.2, 0) is 0 Å². The molecule has 0 aromatic heterocycles. The number of fused-ring (bicyclic) bond motifs is 4. The van der Waals surface area contributed by atoms with E-state index in [0.29, 0.717) is 5.56 Å². The van der Waals surface area contributed by atoms with E-state index in [1.54, 1.807) is 0 Å². The average molecular weight is 586 g/mol. The van der Waals surface area contributed by atoms with Gasteiger partial charge in [0.1, 0.15) is 0 Å². The fourth-order valence-corrected chi connectivity index (χ4v) is 7.73. The monoisotopic (exact) mass is 585 g/mol. The molecule has 0 unspecified atom stereocenters. The molecule has 0 saturated carbocycles. The van der Waals surface area contributed by atoms with Crippen LogP contribution in [0.4, 0.5) is 0 Å². The summed E-state index contributed by atoms with van der Waals surface area (Å²) in [4.78, 5) is 0. The Labute approximate surface area is 274 Å². The summed E-state index contributed by atoms with van der Waals surface area (Å²) in [6.07, 6.45) is 0. The number of rotatable bonds is 3. The maximum atomic E-state index is 9.01. The van der Waals surface area contributed by atoms with Crippen LogP contribution in [-0.4, -0.2) is 0 Å². The lowest BCUT2D eigenvalue weighted by Crippen LogP contribution is -1.93. The Morgan fingerprint density at radius 3 is 1.74 bits per heavy atom. The minimum absolute atomic E-state index is 0.203. The van der Waals surface area contributed by atoms with Crippen LogP contribution in [0.5, 0.6) is 0 Å². The molecule has 0 heterocycles. The van der Waals surface area contributed by atoms with Gasteiger partial charge in [-0.2, -0.15) is 0 Å². The van der Waals surface area contributed by atoms with Gasteiger partial charge in [0.05, 0.1) is 6.85 Å². The highest BCUT2D eigenvalue weighted by atomic mass is 14.2. The molecule has 46 heavy (non-hydrogen) atoms. The molecular formula is C46H28. The smallest absolute Gasteiger partial charge is 0.0622 e. The van der Waals surface area contributed by atoms with Gasteiger partial charge in [-0.3, -0.25) is 0 Å². The summed E-state index contributed by atoms with van der Waals surface area (Å²) in [5.41, 5.74) is 5.40. The lowest BCUT2D eigenvalue weighted by molar-refractivity contribution is 1.66. The van der Waals surface area contributed by atoms with Crippen molar-refractivity contribution in [2.24, 2.45) is 0 Å². The molecule has 0 spiro atoms.